The molecule has 96 valence electrons. The lowest BCUT2D eigenvalue weighted by molar-refractivity contribution is 0.389. The van der Waals surface area contributed by atoms with Crippen LogP contribution in [0.2, 0.25) is 0 Å². The van der Waals surface area contributed by atoms with E-state index in [-0.39, 0.29) is 0 Å². The lowest BCUT2D eigenvalue weighted by Gasteiger charge is -2.07. The van der Waals surface area contributed by atoms with Gasteiger partial charge in [0, 0.05) is 30.4 Å². The van der Waals surface area contributed by atoms with Crippen molar-refractivity contribution in [2.75, 3.05) is 10.8 Å². The van der Waals surface area contributed by atoms with Crippen molar-refractivity contribution in [3.63, 3.8) is 0 Å². The smallest absolute Gasteiger partial charge is 0.132 e. The average Bonchev–Trinajstić information content (AvgIpc) is 2.80. The van der Waals surface area contributed by atoms with Gasteiger partial charge < -0.3 is 5.32 Å². The third-order valence-corrected chi connectivity index (χ3v) is 2.91. The fraction of sp³-hybridized carbons (Fsp3) is 0.0769. The number of fused-ring (bicyclic) bond motifs is 1. The summed E-state index contributed by atoms with van der Waals surface area (Å²) in [6, 6.07) is 9.36. The van der Waals surface area contributed by atoms with Gasteiger partial charge in [-0.25, -0.2) is 4.98 Å². The molecule has 3 rings (SSSR count). The summed E-state index contributed by atoms with van der Waals surface area (Å²) < 4.78 is 1.83. The molecule has 0 atom stereocenters. The number of hydrogen-bond donors (Lipinski definition) is 3. The van der Waals surface area contributed by atoms with Gasteiger partial charge in [0.2, 0.25) is 0 Å². The molecule has 19 heavy (non-hydrogen) atoms. The van der Waals surface area contributed by atoms with E-state index in [1.54, 1.807) is 18.3 Å². The zero-order chi connectivity index (χ0) is 13.2. The van der Waals surface area contributed by atoms with Crippen LogP contribution in [0.3, 0.4) is 0 Å². The lowest BCUT2D eigenvalue weighted by Crippen LogP contribution is -1.96. The number of aryl methyl sites for hydroxylation is 1. The number of hydrogen-bond acceptors (Lipinski definition) is 5. The summed E-state index contributed by atoms with van der Waals surface area (Å²) in [6.07, 6.45) is 3.43. The van der Waals surface area contributed by atoms with E-state index < -0.39 is 0 Å². The highest BCUT2D eigenvalue weighted by Crippen LogP contribution is 2.22. The molecule has 0 saturated carbocycles. The first kappa shape index (κ1) is 11.5. The van der Waals surface area contributed by atoms with Gasteiger partial charge >= 0.3 is 0 Å². The number of pyridine rings is 1. The minimum Gasteiger partial charge on any atom is -0.340 e. The Hall–Kier alpha value is -2.60. The zero-order valence-corrected chi connectivity index (χ0v) is 10.3. The molecule has 0 aliphatic rings. The summed E-state index contributed by atoms with van der Waals surface area (Å²) in [4.78, 5) is 4.18. The van der Waals surface area contributed by atoms with Gasteiger partial charge in [0.25, 0.3) is 0 Å². The van der Waals surface area contributed by atoms with E-state index in [4.69, 9.17) is 5.21 Å². The molecule has 6 nitrogen and oxygen atoms in total. The van der Waals surface area contributed by atoms with Gasteiger partial charge in [0.15, 0.2) is 0 Å². The molecule has 0 unspecified atom stereocenters. The largest absolute Gasteiger partial charge is 0.340 e. The normalized spacial score (nSPS) is 10.6. The van der Waals surface area contributed by atoms with E-state index in [0.717, 1.165) is 16.6 Å². The highest BCUT2D eigenvalue weighted by atomic mass is 16.5. The molecule has 0 aliphatic heterocycles. The topological polar surface area (TPSA) is 75.0 Å². The van der Waals surface area contributed by atoms with Crippen molar-refractivity contribution in [1.29, 1.82) is 0 Å². The van der Waals surface area contributed by atoms with Crippen LogP contribution in [0.15, 0.2) is 42.7 Å². The molecular formula is C13H13N5O. The third-order valence-electron chi connectivity index (χ3n) is 2.91. The molecule has 0 aliphatic carbocycles. The quantitative estimate of drug-likeness (QED) is 0.627. The second-order valence-corrected chi connectivity index (χ2v) is 4.21. The molecule has 0 radical (unpaired) electrons. The Kier molecular flexibility index (Phi) is 2.77. The number of aromatic nitrogens is 3. The van der Waals surface area contributed by atoms with Crippen molar-refractivity contribution >= 4 is 28.1 Å². The van der Waals surface area contributed by atoms with Crippen molar-refractivity contribution in [3.8, 4) is 0 Å². The van der Waals surface area contributed by atoms with Gasteiger partial charge in [-0.1, -0.05) is 0 Å². The van der Waals surface area contributed by atoms with Crippen LogP contribution in [0.25, 0.3) is 10.9 Å². The predicted molar refractivity (Wildman–Crippen MR) is 73.6 cm³/mol. The van der Waals surface area contributed by atoms with Crippen LogP contribution in [0.1, 0.15) is 0 Å². The maximum absolute atomic E-state index is 8.86. The molecule has 0 amide bonds. The minimum absolute atomic E-state index is 0.583. The van der Waals surface area contributed by atoms with Gasteiger partial charge in [-0.05, 0) is 24.3 Å². The van der Waals surface area contributed by atoms with E-state index in [1.807, 2.05) is 36.1 Å². The first-order chi connectivity index (χ1) is 9.26. The summed E-state index contributed by atoms with van der Waals surface area (Å²) in [5.74, 6) is 0.655. The maximum Gasteiger partial charge on any atom is 0.132 e. The molecule has 6 heteroatoms. The molecule has 3 N–H and O–H groups in total. The van der Waals surface area contributed by atoms with Crippen LogP contribution >= 0.6 is 0 Å². The molecule has 2 heterocycles. The van der Waals surface area contributed by atoms with Crippen LogP contribution in [-0.2, 0) is 7.05 Å². The number of benzene rings is 1. The van der Waals surface area contributed by atoms with Crippen molar-refractivity contribution in [3.05, 3.63) is 42.7 Å². The Morgan fingerprint density at radius 1 is 1.16 bits per heavy atom. The number of nitrogens with one attached hydrogen (secondary N) is 2. The molecule has 0 saturated heterocycles. The summed E-state index contributed by atoms with van der Waals surface area (Å²) in [7, 11) is 1.91. The number of nitrogens with zero attached hydrogens (tertiary/aromatic N) is 3. The number of rotatable bonds is 3. The Morgan fingerprint density at radius 2 is 2.05 bits per heavy atom. The Bertz CT molecular complexity index is 722. The highest BCUT2D eigenvalue weighted by molar-refractivity contribution is 5.83. The van der Waals surface area contributed by atoms with Crippen molar-refractivity contribution in [2.45, 2.75) is 0 Å². The molecule has 3 aromatic rings. The zero-order valence-electron chi connectivity index (χ0n) is 10.3. The standard InChI is InChI=1S/C13H13N5O/c1-18-12-3-2-10(6-9(12)8-15-18)16-13-7-11(17-19)4-5-14-13/h2-8,19H,1H3,(H2,14,16,17). The minimum atomic E-state index is 0.583. The van der Waals surface area contributed by atoms with Gasteiger partial charge in [-0.15, -0.1) is 0 Å². The van der Waals surface area contributed by atoms with Crippen LogP contribution in [0.4, 0.5) is 17.2 Å². The van der Waals surface area contributed by atoms with Crippen molar-refractivity contribution in [2.24, 2.45) is 7.05 Å². The summed E-state index contributed by atoms with van der Waals surface area (Å²) in [5, 5.41) is 17.3. The van der Waals surface area contributed by atoms with Crippen molar-refractivity contribution < 1.29 is 5.21 Å². The maximum atomic E-state index is 8.86. The van der Waals surface area contributed by atoms with E-state index in [0.29, 0.717) is 11.5 Å². The fourth-order valence-electron chi connectivity index (χ4n) is 1.96. The summed E-state index contributed by atoms with van der Waals surface area (Å²) in [6.45, 7) is 0. The first-order valence-corrected chi connectivity index (χ1v) is 5.81. The van der Waals surface area contributed by atoms with Crippen LogP contribution in [0, 0.1) is 0 Å². The molecule has 0 bridgehead atoms. The molecule has 1 aromatic carbocycles. The average molecular weight is 255 g/mol. The van der Waals surface area contributed by atoms with E-state index in [9.17, 15) is 0 Å². The van der Waals surface area contributed by atoms with E-state index in [1.165, 1.54) is 0 Å². The molecule has 0 spiro atoms. The SMILES string of the molecule is Cn1ncc2cc(Nc3cc(NO)ccn3)ccc21. The van der Waals surface area contributed by atoms with Crippen LogP contribution < -0.4 is 10.8 Å². The van der Waals surface area contributed by atoms with Gasteiger partial charge in [0.05, 0.1) is 17.4 Å². The van der Waals surface area contributed by atoms with E-state index >= 15 is 0 Å². The second kappa shape index (κ2) is 4.58. The monoisotopic (exact) mass is 255 g/mol. The summed E-state index contributed by atoms with van der Waals surface area (Å²) in [5.41, 5.74) is 4.67. The predicted octanol–water partition coefficient (Wildman–Crippen LogP) is 2.51. The Labute approximate surface area is 109 Å². The lowest BCUT2D eigenvalue weighted by atomic mass is 10.2. The highest BCUT2D eigenvalue weighted by Gasteiger charge is 2.02. The van der Waals surface area contributed by atoms with Crippen molar-refractivity contribution in [1.82, 2.24) is 14.8 Å². The van der Waals surface area contributed by atoms with Gasteiger partial charge in [-0.3, -0.25) is 15.4 Å². The third kappa shape index (κ3) is 2.21. The van der Waals surface area contributed by atoms with E-state index in [2.05, 4.69) is 20.9 Å². The number of anilines is 3. The Morgan fingerprint density at radius 3 is 2.89 bits per heavy atom. The van der Waals surface area contributed by atoms with Gasteiger partial charge in [0.1, 0.15) is 5.82 Å². The second-order valence-electron chi connectivity index (χ2n) is 4.21. The van der Waals surface area contributed by atoms with Gasteiger partial charge in [-0.2, -0.15) is 5.10 Å². The molecule has 0 fully saturated rings. The fourth-order valence-corrected chi connectivity index (χ4v) is 1.96. The van der Waals surface area contributed by atoms with Crippen LogP contribution in [0.5, 0.6) is 0 Å². The molecule has 2 aromatic heterocycles. The summed E-state index contributed by atoms with van der Waals surface area (Å²) >= 11 is 0. The molecular weight excluding hydrogens is 242 g/mol. The Balaban J connectivity index is 1.91. The van der Waals surface area contributed by atoms with Crippen LogP contribution in [-0.4, -0.2) is 20.0 Å². The first-order valence-electron chi connectivity index (χ1n) is 5.81.